The zero-order chi connectivity index (χ0) is 14.0. The highest BCUT2D eigenvalue weighted by atomic mass is 79.9. The molecule has 0 saturated heterocycles. The smallest absolute Gasteiger partial charge is 0.0593 e. The van der Waals surface area contributed by atoms with E-state index in [4.69, 9.17) is 5.73 Å². The molecule has 0 bridgehead atoms. The molecule has 104 valence electrons. The molecule has 2 N–H and O–H groups in total. The molecule has 0 amide bonds. The third kappa shape index (κ3) is 3.47. The van der Waals surface area contributed by atoms with E-state index < -0.39 is 0 Å². The Kier molecular flexibility index (Phi) is 5.20. The first-order chi connectivity index (χ1) is 9.00. The minimum absolute atomic E-state index is 0.0953. The predicted octanol–water partition coefficient (Wildman–Crippen LogP) is 4.65. The molecular weight excluding hydrogens is 340 g/mol. The molecule has 0 aliphatic rings. The summed E-state index contributed by atoms with van der Waals surface area (Å²) in [5.41, 5.74) is 6.22. The summed E-state index contributed by atoms with van der Waals surface area (Å²) in [4.78, 5) is 5.06. The third-order valence-corrected chi connectivity index (χ3v) is 6.19. The van der Waals surface area contributed by atoms with Gasteiger partial charge in [0.1, 0.15) is 0 Å². The SMILES string of the molecule is CC(N)C(c1cc(Br)cs1)N(C)C(C)c1cccs1. The molecule has 2 aromatic heterocycles. The van der Waals surface area contributed by atoms with Crippen LogP contribution in [0.3, 0.4) is 0 Å². The van der Waals surface area contributed by atoms with E-state index in [9.17, 15) is 0 Å². The molecule has 2 nitrogen and oxygen atoms in total. The first-order valence-corrected chi connectivity index (χ1v) is 8.80. The van der Waals surface area contributed by atoms with Gasteiger partial charge in [-0.3, -0.25) is 4.90 Å². The van der Waals surface area contributed by atoms with Gasteiger partial charge in [-0.2, -0.15) is 0 Å². The molecule has 0 aromatic carbocycles. The van der Waals surface area contributed by atoms with Gasteiger partial charge in [0.25, 0.3) is 0 Å². The summed E-state index contributed by atoms with van der Waals surface area (Å²) in [6.45, 7) is 4.32. The number of likely N-dealkylation sites (N-methyl/N-ethyl adjacent to an activating group) is 1. The Balaban J connectivity index is 2.24. The molecule has 0 aliphatic heterocycles. The summed E-state index contributed by atoms with van der Waals surface area (Å²) in [6, 6.07) is 7.18. The molecule has 0 aliphatic carbocycles. The Bertz CT molecular complexity index is 507. The second-order valence-electron chi connectivity index (χ2n) is 4.83. The second kappa shape index (κ2) is 6.50. The fourth-order valence-corrected chi connectivity index (χ4v) is 4.83. The maximum Gasteiger partial charge on any atom is 0.0593 e. The molecule has 3 unspecified atom stereocenters. The minimum atomic E-state index is 0.0953. The third-order valence-electron chi connectivity index (χ3n) is 3.38. The molecule has 2 aromatic rings. The molecule has 0 radical (unpaired) electrons. The molecule has 2 rings (SSSR count). The predicted molar refractivity (Wildman–Crippen MR) is 88.9 cm³/mol. The van der Waals surface area contributed by atoms with Gasteiger partial charge in [0, 0.05) is 31.7 Å². The first-order valence-electron chi connectivity index (χ1n) is 6.25. The van der Waals surface area contributed by atoms with Crippen molar-refractivity contribution in [1.29, 1.82) is 0 Å². The number of rotatable bonds is 5. The fraction of sp³-hybridized carbons (Fsp3) is 0.429. The number of hydrogen-bond acceptors (Lipinski definition) is 4. The van der Waals surface area contributed by atoms with E-state index in [0.29, 0.717) is 6.04 Å². The summed E-state index contributed by atoms with van der Waals surface area (Å²) in [7, 11) is 2.16. The van der Waals surface area contributed by atoms with Gasteiger partial charge in [0.15, 0.2) is 0 Å². The van der Waals surface area contributed by atoms with E-state index in [1.807, 2.05) is 0 Å². The number of halogens is 1. The lowest BCUT2D eigenvalue weighted by Gasteiger charge is -2.34. The van der Waals surface area contributed by atoms with Gasteiger partial charge in [-0.05, 0) is 54.3 Å². The summed E-state index contributed by atoms with van der Waals surface area (Å²) in [6.07, 6.45) is 0. The quantitative estimate of drug-likeness (QED) is 0.842. The number of hydrogen-bond donors (Lipinski definition) is 1. The number of nitrogens with two attached hydrogens (primary N) is 1. The van der Waals surface area contributed by atoms with Crippen molar-refractivity contribution in [2.45, 2.75) is 32.0 Å². The van der Waals surface area contributed by atoms with Crippen molar-refractivity contribution in [1.82, 2.24) is 4.90 Å². The lowest BCUT2D eigenvalue weighted by Crippen LogP contribution is -2.38. The molecular formula is C14H19BrN2S2. The Morgan fingerprint density at radius 2 is 2.00 bits per heavy atom. The topological polar surface area (TPSA) is 29.3 Å². The van der Waals surface area contributed by atoms with E-state index >= 15 is 0 Å². The molecule has 3 atom stereocenters. The summed E-state index contributed by atoms with van der Waals surface area (Å²) in [5, 5.41) is 4.25. The van der Waals surface area contributed by atoms with Crippen LogP contribution in [0.25, 0.3) is 0 Å². The van der Waals surface area contributed by atoms with Crippen LogP contribution >= 0.6 is 38.6 Å². The van der Waals surface area contributed by atoms with Crippen LogP contribution in [0.15, 0.2) is 33.4 Å². The van der Waals surface area contributed by atoms with Gasteiger partial charge in [0.2, 0.25) is 0 Å². The largest absolute Gasteiger partial charge is 0.326 e. The minimum Gasteiger partial charge on any atom is -0.326 e. The van der Waals surface area contributed by atoms with Crippen molar-refractivity contribution in [2.24, 2.45) is 5.73 Å². The Hall–Kier alpha value is -0.200. The van der Waals surface area contributed by atoms with Crippen LogP contribution in [0.2, 0.25) is 0 Å². The van der Waals surface area contributed by atoms with Crippen LogP contribution in [0, 0.1) is 0 Å². The monoisotopic (exact) mass is 358 g/mol. The van der Waals surface area contributed by atoms with Crippen molar-refractivity contribution in [3.05, 3.63) is 43.2 Å². The van der Waals surface area contributed by atoms with Crippen molar-refractivity contribution in [2.75, 3.05) is 7.05 Å². The number of nitrogens with zero attached hydrogens (tertiary/aromatic N) is 1. The van der Waals surface area contributed by atoms with Gasteiger partial charge < -0.3 is 5.73 Å². The van der Waals surface area contributed by atoms with Gasteiger partial charge in [-0.25, -0.2) is 0 Å². The van der Waals surface area contributed by atoms with Crippen LogP contribution in [0.5, 0.6) is 0 Å². The lowest BCUT2D eigenvalue weighted by molar-refractivity contribution is 0.171. The highest BCUT2D eigenvalue weighted by molar-refractivity contribution is 9.10. The second-order valence-corrected chi connectivity index (χ2v) is 7.67. The van der Waals surface area contributed by atoms with Crippen molar-refractivity contribution < 1.29 is 0 Å². The van der Waals surface area contributed by atoms with Crippen molar-refractivity contribution in [3.63, 3.8) is 0 Å². The van der Waals surface area contributed by atoms with E-state index in [1.165, 1.54) is 9.75 Å². The molecule has 2 heterocycles. The average molecular weight is 359 g/mol. The van der Waals surface area contributed by atoms with Crippen LogP contribution in [-0.2, 0) is 0 Å². The molecule has 0 spiro atoms. The van der Waals surface area contributed by atoms with Crippen LogP contribution in [0.4, 0.5) is 0 Å². The van der Waals surface area contributed by atoms with E-state index in [2.05, 4.69) is 70.7 Å². The Labute approximate surface area is 131 Å². The molecule has 0 fully saturated rings. The highest BCUT2D eigenvalue weighted by Gasteiger charge is 2.27. The first kappa shape index (κ1) is 15.2. The fourth-order valence-electron chi connectivity index (χ4n) is 2.28. The lowest BCUT2D eigenvalue weighted by atomic mass is 10.1. The van der Waals surface area contributed by atoms with E-state index in [-0.39, 0.29) is 12.1 Å². The van der Waals surface area contributed by atoms with Crippen LogP contribution in [0.1, 0.15) is 35.7 Å². The maximum absolute atomic E-state index is 6.22. The number of thiophene rings is 2. The normalized spacial score (nSPS) is 16.5. The summed E-state index contributed by atoms with van der Waals surface area (Å²) in [5.74, 6) is 0. The zero-order valence-corrected chi connectivity index (χ0v) is 14.6. The standard InChI is InChI=1S/C14H19BrN2S2/c1-9(16)14(13-7-11(15)8-19-13)17(3)10(2)12-5-4-6-18-12/h4-10,14H,16H2,1-3H3. The van der Waals surface area contributed by atoms with Gasteiger partial charge in [-0.1, -0.05) is 6.07 Å². The van der Waals surface area contributed by atoms with E-state index in [0.717, 1.165) is 4.47 Å². The van der Waals surface area contributed by atoms with Crippen molar-refractivity contribution >= 4 is 38.6 Å². The Morgan fingerprint density at radius 1 is 1.26 bits per heavy atom. The molecule has 19 heavy (non-hydrogen) atoms. The molecule has 5 heteroatoms. The van der Waals surface area contributed by atoms with E-state index in [1.54, 1.807) is 22.7 Å². The Morgan fingerprint density at radius 3 is 2.47 bits per heavy atom. The summed E-state index contributed by atoms with van der Waals surface area (Å²) < 4.78 is 1.13. The van der Waals surface area contributed by atoms with Gasteiger partial charge in [-0.15, -0.1) is 22.7 Å². The highest BCUT2D eigenvalue weighted by Crippen LogP contribution is 2.36. The van der Waals surface area contributed by atoms with Gasteiger partial charge in [0.05, 0.1) is 6.04 Å². The zero-order valence-electron chi connectivity index (χ0n) is 11.3. The molecule has 0 saturated carbocycles. The van der Waals surface area contributed by atoms with Crippen LogP contribution < -0.4 is 5.73 Å². The van der Waals surface area contributed by atoms with Crippen molar-refractivity contribution in [3.8, 4) is 0 Å². The maximum atomic E-state index is 6.22. The summed E-state index contributed by atoms with van der Waals surface area (Å²) >= 11 is 7.09. The average Bonchev–Trinajstić information content (AvgIpc) is 2.99. The van der Waals surface area contributed by atoms with Crippen LogP contribution in [-0.4, -0.2) is 18.0 Å². The van der Waals surface area contributed by atoms with Gasteiger partial charge >= 0.3 is 0 Å².